The third kappa shape index (κ3) is 3.37. The lowest BCUT2D eigenvalue weighted by atomic mass is 10.0. The van der Waals surface area contributed by atoms with Crippen molar-refractivity contribution in [2.45, 2.75) is 44.6 Å². The molecule has 0 spiro atoms. The molecule has 2 fully saturated rings. The molecular formula is C14H20N4O3S. The molecular weight excluding hydrogens is 304 g/mol. The molecule has 2 atom stereocenters. The van der Waals surface area contributed by atoms with Crippen LogP contribution in [0.1, 0.15) is 38.5 Å². The van der Waals surface area contributed by atoms with Crippen LogP contribution in [0, 0.1) is 16.0 Å². The lowest BCUT2D eigenvalue weighted by molar-refractivity contribution is -0.380. The molecule has 0 radical (unpaired) electrons. The molecule has 3 rings (SSSR count). The second-order valence-electron chi connectivity index (χ2n) is 6.00. The zero-order chi connectivity index (χ0) is 15.5. The predicted octanol–water partition coefficient (Wildman–Crippen LogP) is 2.64. The van der Waals surface area contributed by atoms with E-state index in [2.05, 4.69) is 10.3 Å². The molecule has 7 nitrogen and oxygen atoms in total. The van der Waals surface area contributed by atoms with Crippen molar-refractivity contribution in [1.29, 1.82) is 0 Å². The molecule has 2 aliphatic rings. The quantitative estimate of drug-likeness (QED) is 0.679. The van der Waals surface area contributed by atoms with E-state index >= 15 is 0 Å². The van der Waals surface area contributed by atoms with Crippen molar-refractivity contribution in [3.63, 3.8) is 0 Å². The highest BCUT2D eigenvalue weighted by Crippen LogP contribution is 2.32. The van der Waals surface area contributed by atoms with E-state index < -0.39 is 4.92 Å². The largest absolute Gasteiger partial charge is 0.359 e. The highest BCUT2D eigenvalue weighted by molar-refractivity contribution is 7.18. The number of thiazole rings is 1. The second-order valence-corrected chi connectivity index (χ2v) is 7.01. The molecule has 1 aliphatic carbocycles. The topological polar surface area (TPSA) is 88.4 Å². The van der Waals surface area contributed by atoms with Gasteiger partial charge in [0.2, 0.25) is 5.91 Å². The Balaban J connectivity index is 1.53. The monoisotopic (exact) mass is 324 g/mol. The Hall–Kier alpha value is -1.70. The van der Waals surface area contributed by atoms with Gasteiger partial charge in [-0.2, -0.15) is 0 Å². The van der Waals surface area contributed by atoms with Crippen molar-refractivity contribution in [3.05, 3.63) is 16.3 Å². The van der Waals surface area contributed by atoms with Crippen LogP contribution in [-0.2, 0) is 4.79 Å². The fraction of sp³-hybridized carbons (Fsp3) is 0.714. The van der Waals surface area contributed by atoms with E-state index in [9.17, 15) is 14.9 Å². The standard InChI is InChI=1S/C14H20N4O3S/c19-13(17-6-2-1-3-7-17)10-4-5-11(8-10)16-14-15-9-12(22-14)18(20)21/h9-11H,1-8H2,(H,15,16)/t10-,11+/m1/s1. The van der Waals surface area contributed by atoms with E-state index in [1.54, 1.807) is 0 Å². The zero-order valence-corrected chi connectivity index (χ0v) is 13.2. The van der Waals surface area contributed by atoms with Gasteiger partial charge in [0.25, 0.3) is 0 Å². The van der Waals surface area contributed by atoms with Gasteiger partial charge in [-0.3, -0.25) is 14.9 Å². The number of nitro groups is 1. The van der Waals surface area contributed by atoms with E-state index in [1.165, 1.54) is 12.6 Å². The van der Waals surface area contributed by atoms with Gasteiger partial charge in [-0.1, -0.05) is 0 Å². The molecule has 1 saturated carbocycles. The molecule has 1 aliphatic heterocycles. The summed E-state index contributed by atoms with van der Waals surface area (Å²) in [4.78, 5) is 28.8. The van der Waals surface area contributed by atoms with Gasteiger partial charge in [-0.15, -0.1) is 0 Å². The highest BCUT2D eigenvalue weighted by atomic mass is 32.1. The SMILES string of the molecule is O=C([C@@H]1CC[C@H](Nc2ncc([N+](=O)[O-])s2)C1)N1CCCCC1. The Morgan fingerprint density at radius 2 is 2.14 bits per heavy atom. The van der Waals surface area contributed by atoms with Crippen molar-refractivity contribution < 1.29 is 9.72 Å². The molecule has 1 aromatic rings. The van der Waals surface area contributed by atoms with Gasteiger partial charge in [-0.25, -0.2) is 4.98 Å². The van der Waals surface area contributed by atoms with Crippen molar-refractivity contribution >= 4 is 27.4 Å². The first-order chi connectivity index (χ1) is 10.6. The average Bonchev–Trinajstić information content (AvgIpc) is 3.17. The Morgan fingerprint density at radius 1 is 1.36 bits per heavy atom. The minimum absolute atomic E-state index is 0.0430. The summed E-state index contributed by atoms with van der Waals surface area (Å²) in [6, 6.07) is 0.185. The fourth-order valence-corrected chi connectivity index (χ4v) is 4.01. The first kappa shape index (κ1) is 15.2. The summed E-state index contributed by atoms with van der Waals surface area (Å²) in [5.41, 5.74) is 0. The van der Waals surface area contributed by atoms with Crippen LogP contribution in [0.25, 0.3) is 0 Å². The lowest BCUT2D eigenvalue weighted by Gasteiger charge is -2.29. The first-order valence-electron chi connectivity index (χ1n) is 7.79. The Morgan fingerprint density at radius 3 is 2.82 bits per heavy atom. The van der Waals surface area contributed by atoms with Gasteiger partial charge < -0.3 is 10.2 Å². The van der Waals surface area contributed by atoms with Crippen LogP contribution >= 0.6 is 11.3 Å². The summed E-state index contributed by atoms with van der Waals surface area (Å²) in [5.74, 6) is 0.375. The number of piperidine rings is 1. The van der Waals surface area contributed by atoms with Gasteiger partial charge in [0.05, 0.1) is 4.92 Å². The molecule has 1 saturated heterocycles. The summed E-state index contributed by atoms with van der Waals surface area (Å²) in [5, 5.41) is 14.5. The van der Waals surface area contributed by atoms with Gasteiger partial charge in [0.1, 0.15) is 6.20 Å². The maximum absolute atomic E-state index is 12.5. The van der Waals surface area contributed by atoms with Gasteiger partial charge >= 0.3 is 5.00 Å². The minimum atomic E-state index is -0.430. The number of nitrogens with zero attached hydrogens (tertiary/aromatic N) is 3. The van der Waals surface area contributed by atoms with E-state index in [1.807, 2.05) is 4.90 Å². The predicted molar refractivity (Wildman–Crippen MR) is 84.0 cm³/mol. The molecule has 1 amide bonds. The number of nitrogens with one attached hydrogen (secondary N) is 1. The molecule has 0 aromatic carbocycles. The van der Waals surface area contributed by atoms with Gasteiger partial charge in [-0.05, 0) is 49.9 Å². The molecule has 1 N–H and O–H groups in total. The van der Waals surface area contributed by atoms with Gasteiger partial charge in [0.15, 0.2) is 5.13 Å². The number of likely N-dealkylation sites (tertiary alicyclic amines) is 1. The number of hydrogen-bond donors (Lipinski definition) is 1. The van der Waals surface area contributed by atoms with Crippen LogP contribution in [0.3, 0.4) is 0 Å². The Bertz CT molecular complexity index is 556. The lowest BCUT2D eigenvalue weighted by Crippen LogP contribution is -2.39. The molecule has 120 valence electrons. The maximum atomic E-state index is 12.5. The molecule has 1 aromatic heterocycles. The number of rotatable bonds is 4. The fourth-order valence-electron chi connectivity index (χ4n) is 3.30. The molecule has 0 bridgehead atoms. The number of carbonyl (C=O) groups excluding carboxylic acids is 1. The first-order valence-corrected chi connectivity index (χ1v) is 8.60. The van der Waals surface area contributed by atoms with E-state index in [0.717, 1.165) is 56.5 Å². The number of hydrogen-bond acceptors (Lipinski definition) is 6. The number of aromatic nitrogens is 1. The molecule has 8 heteroatoms. The van der Waals surface area contributed by atoms with Crippen LogP contribution in [0.4, 0.5) is 10.1 Å². The van der Waals surface area contributed by atoms with Crippen molar-refractivity contribution in [2.24, 2.45) is 5.92 Å². The zero-order valence-electron chi connectivity index (χ0n) is 12.4. The van der Waals surface area contributed by atoms with Crippen LogP contribution in [0.15, 0.2) is 6.20 Å². The number of carbonyl (C=O) groups is 1. The average molecular weight is 324 g/mol. The number of anilines is 1. The van der Waals surface area contributed by atoms with Crippen LogP contribution in [0.5, 0.6) is 0 Å². The summed E-state index contributed by atoms with van der Waals surface area (Å²) in [6.07, 6.45) is 7.33. The number of amides is 1. The van der Waals surface area contributed by atoms with E-state index in [0.29, 0.717) is 5.13 Å². The Labute approximate surface area is 132 Å². The van der Waals surface area contributed by atoms with E-state index in [4.69, 9.17) is 0 Å². The summed E-state index contributed by atoms with van der Waals surface area (Å²) in [7, 11) is 0. The molecule has 0 unspecified atom stereocenters. The van der Waals surface area contributed by atoms with Crippen molar-refractivity contribution in [2.75, 3.05) is 18.4 Å². The maximum Gasteiger partial charge on any atom is 0.345 e. The third-order valence-corrected chi connectivity index (χ3v) is 5.33. The van der Waals surface area contributed by atoms with Crippen molar-refractivity contribution in [1.82, 2.24) is 9.88 Å². The summed E-state index contributed by atoms with van der Waals surface area (Å²) < 4.78 is 0. The smallest absolute Gasteiger partial charge is 0.345 e. The normalized spacial score (nSPS) is 25.2. The van der Waals surface area contributed by atoms with Crippen molar-refractivity contribution in [3.8, 4) is 0 Å². The highest BCUT2D eigenvalue weighted by Gasteiger charge is 2.33. The molecule has 2 heterocycles. The van der Waals surface area contributed by atoms with Crippen LogP contribution in [-0.4, -0.2) is 39.8 Å². The molecule has 22 heavy (non-hydrogen) atoms. The van der Waals surface area contributed by atoms with Gasteiger partial charge in [0, 0.05) is 25.0 Å². The third-order valence-electron chi connectivity index (χ3n) is 4.45. The minimum Gasteiger partial charge on any atom is -0.359 e. The summed E-state index contributed by atoms with van der Waals surface area (Å²) >= 11 is 1.05. The van der Waals surface area contributed by atoms with Crippen LogP contribution in [0.2, 0.25) is 0 Å². The van der Waals surface area contributed by atoms with Crippen LogP contribution < -0.4 is 5.32 Å². The summed E-state index contributed by atoms with van der Waals surface area (Å²) in [6.45, 7) is 1.79. The van der Waals surface area contributed by atoms with E-state index in [-0.39, 0.29) is 22.9 Å². The Kier molecular flexibility index (Phi) is 4.56. The second kappa shape index (κ2) is 6.60.